The quantitative estimate of drug-likeness (QED) is 0.887. The third-order valence-corrected chi connectivity index (χ3v) is 5.45. The number of carbonyl (C=O) groups is 1. The van der Waals surface area contributed by atoms with Crippen molar-refractivity contribution in [2.24, 2.45) is 11.7 Å². The largest absolute Gasteiger partial charge is 0.375 e. The molecule has 2 atom stereocenters. The lowest BCUT2D eigenvalue weighted by Crippen LogP contribution is -2.43. The molecule has 2 heterocycles. The van der Waals surface area contributed by atoms with Gasteiger partial charge < -0.3 is 11.5 Å². The zero-order valence-corrected chi connectivity index (χ0v) is 14.2. The fourth-order valence-electron chi connectivity index (χ4n) is 3.13. The van der Waals surface area contributed by atoms with Gasteiger partial charge in [-0.1, -0.05) is 29.8 Å². The Morgan fingerprint density at radius 1 is 1.43 bits per heavy atom. The number of aromatic nitrogens is 1. The minimum atomic E-state index is -0.239. The van der Waals surface area contributed by atoms with E-state index in [0.717, 1.165) is 29.8 Å². The van der Waals surface area contributed by atoms with E-state index < -0.39 is 0 Å². The Bertz CT molecular complexity index is 705. The summed E-state index contributed by atoms with van der Waals surface area (Å²) >= 11 is 7.88. The maximum atomic E-state index is 11.6. The highest BCUT2D eigenvalue weighted by Crippen LogP contribution is 2.38. The van der Waals surface area contributed by atoms with E-state index in [0.29, 0.717) is 16.7 Å². The van der Waals surface area contributed by atoms with Crippen LogP contribution in [-0.2, 0) is 4.79 Å². The molecule has 1 amide bonds. The standard InChI is InChI=1S/C16H19ClN4OS/c17-12-6-2-1-5-11(12)14(13-8-20-16(19)23-13)21-7-3-4-10(9-21)15(18)22/h1-2,5-6,8,10,14H,3-4,7,9H2,(H2,18,22)(H2,19,20). The van der Waals surface area contributed by atoms with Crippen LogP contribution in [0, 0.1) is 5.92 Å². The maximum absolute atomic E-state index is 11.6. The smallest absolute Gasteiger partial charge is 0.221 e. The van der Waals surface area contributed by atoms with E-state index in [-0.39, 0.29) is 17.9 Å². The topological polar surface area (TPSA) is 85.2 Å². The summed E-state index contributed by atoms with van der Waals surface area (Å²) in [7, 11) is 0. The highest BCUT2D eigenvalue weighted by atomic mass is 35.5. The summed E-state index contributed by atoms with van der Waals surface area (Å²) in [6.07, 6.45) is 3.57. The Morgan fingerprint density at radius 3 is 2.87 bits per heavy atom. The van der Waals surface area contributed by atoms with Gasteiger partial charge in [0.25, 0.3) is 0 Å². The number of nitrogens with zero attached hydrogens (tertiary/aromatic N) is 2. The van der Waals surface area contributed by atoms with Crippen LogP contribution in [0.15, 0.2) is 30.5 Å². The molecule has 1 aromatic carbocycles. The summed E-state index contributed by atoms with van der Waals surface area (Å²) in [6.45, 7) is 1.51. The number of rotatable bonds is 4. The predicted molar refractivity (Wildman–Crippen MR) is 93.3 cm³/mol. The lowest BCUT2D eigenvalue weighted by Gasteiger charge is -2.37. The normalized spacial score (nSPS) is 20.3. The number of piperidine rings is 1. The van der Waals surface area contributed by atoms with Gasteiger partial charge in [0, 0.05) is 22.6 Å². The van der Waals surface area contributed by atoms with Crippen molar-refractivity contribution in [3.8, 4) is 0 Å². The van der Waals surface area contributed by atoms with E-state index in [1.165, 1.54) is 11.3 Å². The summed E-state index contributed by atoms with van der Waals surface area (Å²) in [4.78, 5) is 19.1. The number of nitrogens with two attached hydrogens (primary N) is 2. The molecule has 122 valence electrons. The van der Waals surface area contributed by atoms with Crippen LogP contribution in [-0.4, -0.2) is 28.9 Å². The average Bonchev–Trinajstić information content (AvgIpc) is 2.96. The van der Waals surface area contributed by atoms with Crippen molar-refractivity contribution < 1.29 is 4.79 Å². The number of hydrogen-bond acceptors (Lipinski definition) is 5. The van der Waals surface area contributed by atoms with Crippen molar-refractivity contribution >= 4 is 34.0 Å². The molecule has 1 aromatic heterocycles. The molecule has 5 nitrogen and oxygen atoms in total. The molecule has 3 rings (SSSR count). The van der Waals surface area contributed by atoms with Crippen molar-refractivity contribution in [3.63, 3.8) is 0 Å². The first-order valence-corrected chi connectivity index (χ1v) is 8.74. The zero-order chi connectivity index (χ0) is 16.4. The van der Waals surface area contributed by atoms with Gasteiger partial charge in [-0.3, -0.25) is 9.69 Å². The van der Waals surface area contributed by atoms with E-state index >= 15 is 0 Å². The molecule has 1 fully saturated rings. The van der Waals surface area contributed by atoms with Crippen LogP contribution in [0.25, 0.3) is 0 Å². The van der Waals surface area contributed by atoms with Gasteiger partial charge >= 0.3 is 0 Å². The molecule has 4 N–H and O–H groups in total. The van der Waals surface area contributed by atoms with Crippen LogP contribution >= 0.6 is 22.9 Å². The summed E-state index contributed by atoms with van der Waals surface area (Å²) in [5, 5.41) is 1.23. The summed E-state index contributed by atoms with van der Waals surface area (Å²) < 4.78 is 0. The molecule has 1 aliphatic heterocycles. The molecule has 2 unspecified atom stereocenters. The number of hydrogen-bond donors (Lipinski definition) is 2. The number of amides is 1. The second-order valence-corrected chi connectivity index (χ2v) is 7.26. The van der Waals surface area contributed by atoms with Gasteiger partial charge in [0.2, 0.25) is 5.91 Å². The van der Waals surface area contributed by atoms with Crippen LogP contribution in [0.2, 0.25) is 5.02 Å². The third kappa shape index (κ3) is 3.49. The monoisotopic (exact) mass is 350 g/mol. The third-order valence-electron chi connectivity index (χ3n) is 4.23. The van der Waals surface area contributed by atoms with E-state index in [2.05, 4.69) is 9.88 Å². The zero-order valence-electron chi connectivity index (χ0n) is 12.6. The average molecular weight is 351 g/mol. The molecule has 2 aromatic rings. The van der Waals surface area contributed by atoms with Crippen molar-refractivity contribution in [2.45, 2.75) is 18.9 Å². The lowest BCUT2D eigenvalue weighted by molar-refractivity contribution is -0.123. The number of primary amides is 1. The molecule has 0 aliphatic carbocycles. The molecule has 0 spiro atoms. The van der Waals surface area contributed by atoms with E-state index in [1.54, 1.807) is 6.20 Å². The molecule has 1 saturated heterocycles. The molecule has 7 heteroatoms. The van der Waals surface area contributed by atoms with Crippen LogP contribution in [0.4, 0.5) is 5.13 Å². The second-order valence-electron chi connectivity index (χ2n) is 5.76. The fraction of sp³-hybridized carbons (Fsp3) is 0.375. The number of nitrogen functional groups attached to an aromatic ring is 1. The van der Waals surface area contributed by atoms with E-state index in [9.17, 15) is 4.79 Å². The van der Waals surface area contributed by atoms with Gasteiger partial charge in [0.05, 0.1) is 12.0 Å². The van der Waals surface area contributed by atoms with Crippen LogP contribution in [0.5, 0.6) is 0 Å². The number of likely N-dealkylation sites (tertiary alicyclic amines) is 1. The molecular formula is C16H19ClN4OS. The van der Waals surface area contributed by atoms with E-state index in [4.69, 9.17) is 23.1 Å². The fourth-order valence-corrected chi connectivity index (χ4v) is 4.21. The number of benzene rings is 1. The molecule has 0 bridgehead atoms. The van der Waals surface area contributed by atoms with Gasteiger partial charge in [0.1, 0.15) is 0 Å². The Balaban J connectivity index is 1.98. The Morgan fingerprint density at radius 2 is 2.22 bits per heavy atom. The molecule has 1 aliphatic rings. The SMILES string of the molecule is NC(=O)C1CCCN(C(c2cnc(N)s2)c2ccccc2Cl)C1. The first-order valence-electron chi connectivity index (χ1n) is 7.55. The van der Waals surface area contributed by atoms with Gasteiger partial charge in [-0.05, 0) is 31.0 Å². The molecule has 0 radical (unpaired) electrons. The Labute approximate surface area is 144 Å². The highest BCUT2D eigenvalue weighted by Gasteiger charge is 2.32. The number of anilines is 1. The number of thiazole rings is 1. The van der Waals surface area contributed by atoms with Gasteiger partial charge in [-0.25, -0.2) is 4.98 Å². The Hall–Kier alpha value is -1.63. The van der Waals surface area contributed by atoms with Crippen LogP contribution in [0.1, 0.15) is 29.3 Å². The van der Waals surface area contributed by atoms with E-state index in [1.807, 2.05) is 24.3 Å². The van der Waals surface area contributed by atoms with Crippen LogP contribution in [0.3, 0.4) is 0 Å². The molecule has 0 saturated carbocycles. The van der Waals surface area contributed by atoms with Gasteiger partial charge in [0.15, 0.2) is 5.13 Å². The predicted octanol–water partition coefficient (Wildman–Crippen LogP) is 2.67. The maximum Gasteiger partial charge on any atom is 0.221 e. The molecule has 23 heavy (non-hydrogen) atoms. The van der Waals surface area contributed by atoms with Gasteiger partial charge in [-0.15, -0.1) is 11.3 Å². The minimum Gasteiger partial charge on any atom is -0.375 e. The van der Waals surface area contributed by atoms with Crippen molar-refractivity contribution in [1.82, 2.24) is 9.88 Å². The first-order chi connectivity index (χ1) is 11.1. The first kappa shape index (κ1) is 16.2. The van der Waals surface area contributed by atoms with Crippen molar-refractivity contribution in [2.75, 3.05) is 18.8 Å². The number of carbonyl (C=O) groups excluding carboxylic acids is 1. The summed E-state index contributed by atoms with van der Waals surface area (Å²) in [5.74, 6) is -0.365. The second kappa shape index (κ2) is 6.86. The molecular weight excluding hydrogens is 332 g/mol. The highest BCUT2D eigenvalue weighted by molar-refractivity contribution is 7.15. The summed E-state index contributed by atoms with van der Waals surface area (Å²) in [6, 6.07) is 7.71. The van der Waals surface area contributed by atoms with Crippen molar-refractivity contribution in [3.05, 3.63) is 45.9 Å². The summed E-state index contributed by atoms with van der Waals surface area (Å²) in [5.41, 5.74) is 12.3. The number of halogens is 1. The minimum absolute atomic E-state index is 0.0550. The van der Waals surface area contributed by atoms with Crippen molar-refractivity contribution in [1.29, 1.82) is 0 Å². The van der Waals surface area contributed by atoms with Crippen LogP contribution < -0.4 is 11.5 Å². The Kier molecular flexibility index (Phi) is 4.84. The van der Waals surface area contributed by atoms with Gasteiger partial charge in [-0.2, -0.15) is 0 Å². The lowest BCUT2D eigenvalue weighted by atomic mass is 9.94.